The Balaban J connectivity index is 0. The van der Waals surface area contributed by atoms with Crippen LogP contribution in [0, 0.1) is 0 Å². The molecule has 0 unspecified atom stereocenters. The van der Waals surface area contributed by atoms with Crippen molar-refractivity contribution in [1.82, 2.24) is 5.32 Å². The van der Waals surface area contributed by atoms with E-state index in [2.05, 4.69) is 5.32 Å². The van der Waals surface area contributed by atoms with E-state index in [9.17, 15) is 0 Å². The maximum atomic E-state index is 4.83. The number of hydrogen-bond donors (Lipinski definition) is 1. The van der Waals surface area contributed by atoms with Crippen LogP contribution in [0.3, 0.4) is 0 Å². The Morgan fingerprint density at radius 3 is 2.67 bits per heavy atom. The molecule has 0 spiro atoms. The average molecular weight is 81.0 g/mol. The largest absolute Gasteiger partial charge is 1.00 e. The first-order chi connectivity index (χ1) is 2.50. The van der Waals surface area contributed by atoms with Gasteiger partial charge in [0.2, 0.25) is 0 Å². The number of rotatable bonds is 0. The molecular formula is C3H8LiNO. The number of ether oxygens (including phenoxy) is 1. The van der Waals surface area contributed by atoms with Gasteiger partial charge in [-0.1, -0.05) is 0 Å². The van der Waals surface area contributed by atoms with Gasteiger partial charge in [-0.05, 0) is 0 Å². The van der Waals surface area contributed by atoms with Crippen molar-refractivity contribution in [2.75, 3.05) is 19.9 Å². The van der Waals surface area contributed by atoms with Crippen molar-refractivity contribution in [3.8, 4) is 0 Å². The quantitative estimate of drug-likeness (QED) is 0.308. The van der Waals surface area contributed by atoms with Crippen molar-refractivity contribution < 1.29 is 25.0 Å². The molecular weight excluding hydrogens is 73.0 g/mol. The molecule has 0 bridgehead atoms. The molecule has 0 amide bonds. The fraction of sp³-hybridized carbons (Fsp3) is 1.00. The second kappa shape index (κ2) is 3.70. The van der Waals surface area contributed by atoms with Gasteiger partial charge in [-0.2, -0.15) is 0 Å². The van der Waals surface area contributed by atoms with Crippen LogP contribution in [0.4, 0.5) is 0 Å². The van der Waals surface area contributed by atoms with Crippen molar-refractivity contribution >= 4 is 0 Å². The van der Waals surface area contributed by atoms with Crippen molar-refractivity contribution in [3.63, 3.8) is 0 Å². The summed E-state index contributed by atoms with van der Waals surface area (Å²) < 4.78 is 4.83. The van der Waals surface area contributed by atoms with Crippen LogP contribution in [0.1, 0.15) is 1.43 Å². The molecule has 1 saturated heterocycles. The average Bonchev–Trinajstić information content (AvgIpc) is 1.76. The molecule has 0 aliphatic carbocycles. The van der Waals surface area contributed by atoms with Crippen molar-refractivity contribution in [2.24, 2.45) is 0 Å². The zero-order valence-corrected chi connectivity index (χ0v) is 4.03. The second-order valence-corrected chi connectivity index (χ2v) is 1.05. The molecule has 1 aliphatic rings. The minimum Gasteiger partial charge on any atom is -1.00 e. The zero-order chi connectivity index (χ0) is 3.54. The Morgan fingerprint density at radius 1 is 1.67 bits per heavy atom. The molecule has 0 radical (unpaired) electrons. The normalized spacial score (nSPS) is 20.0. The van der Waals surface area contributed by atoms with E-state index in [1.165, 1.54) is 0 Å². The summed E-state index contributed by atoms with van der Waals surface area (Å²) in [4.78, 5) is 0. The van der Waals surface area contributed by atoms with Crippen LogP contribution in [0.5, 0.6) is 0 Å². The van der Waals surface area contributed by atoms with E-state index in [-0.39, 0.29) is 20.3 Å². The smallest absolute Gasteiger partial charge is 1.00 e. The van der Waals surface area contributed by atoms with E-state index in [0.717, 1.165) is 19.9 Å². The van der Waals surface area contributed by atoms with Gasteiger partial charge in [0.05, 0.1) is 13.3 Å². The Morgan fingerprint density at radius 2 is 2.50 bits per heavy atom. The van der Waals surface area contributed by atoms with E-state index < -0.39 is 0 Å². The van der Waals surface area contributed by atoms with E-state index >= 15 is 0 Å². The van der Waals surface area contributed by atoms with Crippen LogP contribution in [-0.4, -0.2) is 19.9 Å². The van der Waals surface area contributed by atoms with Gasteiger partial charge in [-0.15, -0.1) is 0 Å². The molecule has 1 rings (SSSR count). The predicted molar refractivity (Wildman–Crippen MR) is 19.9 cm³/mol. The molecule has 1 heterocycles. The van der Waals surface area contributed by atoms with Gasteiger partial charge in [0.25, 0.3) is 0 Å². The van der Waals surface area contributed by atoms with Crippen LogP contribution in [0.15, 0.2) is 0 Å². The third-order valence-corrected chi connectivity index (χ3v) is 0.627. The van der Waals surface area contributed by atoms with Crippen molar-refractivity contribution in [1.29, 1.82) is 0 Å². The van der Waals surface area contributed by atoms with Gasteiger partial charge >= 0.3 is 18.9 Å². The second-order valence-electron chi connectivity index (χ2n) is 1.05. The van der Waals surface area contributed by atoms with E-state index in [4.69, 9.17) is 4.74 Å². The van der Waals surface area contributed by atoms with E-state index in [1.54, 1.807) is 0 Å². The fourth-order valence-corrected chi connectivity index (χ4v) is 0.361. The first-order valence-corrected chi connectivity index (χ1v) is 1.78. The van der Waals surface area contributed by atoms with Crippen LogP contribution in [0.2, 0.25) is 0 Å². The number of nitrogens with one attached hydrogen (secondary N) is 1. The molecule has 2 nitrogen and oxygen atoms in total. The third kappa shape index (κ3) is 1.84. The van der Waals surface area contributed by atoms with Crippen LogP contribution >= 0.6 is 0 Å². The maximum Gasteiger partial charge on any atom is 1.00 e. The topological polar surface area (TPSA) is 21.3 Å². The summed E-state index contributed by atoms with van der Waals surface area (Å²) in [7, 11) is 0. The molecule has 0 aromatic heterocycles. The monoisotopic (exact) mass is 81.1 g/mol. The van der Waals surface area contributed by atoms with Gasteiger partial charge in [0, 0.05) is 6.54 Å². The minimum absolute atomic E-state index is 0. The molecule has 1 N–H and O–H groups in total. The van der Waals surface area contributed by atoms with Gasteiger partial charge in [0.1, 0.15) is 0 Å². The Hall–Kier alpha value is 0.517. The predicted octanol–water partition coefficient (Wildman–Crippen LogP) is -3.32. The summed E-state index contributed by atoms with van der Waals surface area (Å²) in [5, 5.41) is 3.00. The Kier molecular flexibility index (Phi) is 4.02. The van der Waals surface area contributed by atoms with Gasteiger partial charge in [-0.3, -0.25) is 5.32 Å². The molecule has 0 saturated carbocycles. The van der Waals surface area contributed by atoms with E-state index in [1.807, 2.05) is 0 Å². The van der Waals surface area contributed by atoms with Crippen LogP contribution in [0.25, 0.3) is 0 Å². The molecule has 1 aliphatic heterocycles. The molecule has 1 fully saturated rings. The first-order valence-electron chi connectivity index (χ1n) is 1.78. The van der Waals surface area contributed by atoms with Crippen LogP contribution < -0.4 is 24.2 Å². The van der Waals surface area contributed by atoms with Crippen LogP contribution in [-0.2, 0) is 4.74 Å². The van der Waals surface area contributed by atoms with Crippen molar-refractivity contribution in [2.45, 2.75) is 0 Å². The molecule has 0 aromatic carbocycles. The van der Waals surface area contributed by atoms with Crippen molar-refractivity contribution in [3.05, 3.63) is 0 Å². The SMILES string of the molecule is C1COCN1.[H-].[Li+]. The maximum absolute atomic E-state index is 4.83. The standard InChI is InChI=1S/C3H7NO.Li.H/c1-2-5-3-4-1;;/h4H,1-3H2;;/q;+1;-1. The summed E-state index contributed by atoms with van der Waals surface area (Å²) in [6, 6.07) is 0. The van der Waals surface area contributed by atoms with Gasteiger partial charge in [-0.25, -0.2) is 0 Å². The van der Waals surface area contributed by atoms with Gasteiger partial charge in [0.15, 0.2) is 0 Å². The molecule has 3 heteroatoms. The Bertz CT molecular complexity index is 26.5. The molecule has 6 heavy (non-hydrogen) atoms. The number of hydrogen-bond acceptors (Lipinski definition) is 2. The summed E-state index contributed by atoms with van der Waals surface area (Å²) >= 11 is 0. The Labute approximate surface area is 50.9 Å². The molecule has 0 atom stereocenters. The molecule has 0 aromatic rings. The summed E-state index contributed by atoms with van der Waals surface area (Å²) in [5.41, 5.74) is 0. The summed E-state index contributed by atoms with van der Waals surface area (Å²) in [6.07, 6.45) is 0. The first kappa shape index (κ1) is 6.52. The van der Waals surface area contributed by atoms with E-state index in [0.29, 0.717) is 0 Å². The minimum atomic E-state index is 0. The molecule has 32 valence electrons. The fourth-order valence-electron chi connectivity index (χ4n) is 0.361. The third-order valence-electron chi connectivity index (χ3n) is 0.627. The summed E-state index contributed by atoms with van der Waals surface area (Å²) in [5.74, 6) is 0. The summed E-state index contributed by atoms with van der Waals surface area (Å²) in [6.45, 7) is 2.67. The van der Waals surface area contributed by atoms with Gasteiger partial charge < -0.3 is 6.16 Å². The zero-order valence-electron chi connectivity index (χ0n) is 5.03.